The molecule has 5 heteroatoms. The van der Waals surface area contributed by atoms with Gasteiger partial charge in [-0.2, -0.15) is 0 Å². The van der Waals surface area contributed by atoms with Crippen LogP contribution >= 0.6 is 0 Å². The highest BCUT2D eigenvalue weighted by atomic mass is 16.2. The third-order valence-electron chi connectivity index (χ3n) is 3.77. The van der Waals surface area contributed by atoms with E-state index in [1.807, 2.05) is 25.8 Å². The van der Waals surface area contributed by atoms with Gasteiger partial charge in [-0.15, -0.1) is 0 Å². The third kappa shape index (κ3) is 3.94. The number of aromatic nitrogens is 1. The zero-order valence-electron chi connectivity index (χ0n) is 13.3. The lowest BCUT2D eigenvalue weighted by atomic mass is 9.94. The molecule has 0 aromatic carbocycles. The Morgan fingerprint density at radius 2 is 2.14 bits per heavy atom. The SMILES string of the molecule is CC(C)NC(=O)CN(C)c1nc2c(cc1CN)CCCC2. The van der Waals surface area contributed by atoms with Gasteiger partial charge in [0.05, 0.1) is 6.54 Å². The number of hydrogen-bond donors (Lipinski definition) is 2. The fraction of sp³-hybridized carbons (Fsp3) is 0.625. The van der Waals surface area contributed by atoms with E-state index in [0.717, 1.165) is 24.2 Å². The number of carbonyl (C=O) groups is 1. The van der Waals surface area contributed by atoms with Gasteiger partial charge in [0.25, 0.3) is 0 Å². The highest BCUT2D eigenvalue weighted by molar-refractivity contribution is 5.81. The number of likely N-dealkylation sites (N-methyl/N-ethyl adjacent to an activating group) is 1. The molecule has 0 radical (unpaired) electrons. The molecule has 2 rings (SSSR count). The molecule has 0 saturated heterocycles. The van der Waals surface area contributed by atoms with Crippen molar-refractivity contribution < 1.29 is 4.79 Å². The fourth-order valence-corrected chi connectivity index (χ4v) is 2.81. The van der Waals surface area contributed by atoms with Gasteiger partial charge in [0.1, 0.15) is 5.82 Å². The Bertz CT molecular complexity index is 513. The van der Waals surface area contributed by atoms with Gasteiger partial charge < -0.3 is 16.0 Å². The normalized spacial score (nSPS) is 14.0. The van der Waals surface area contributed by atoms with E-state index in [2.05, 4.69) is 11.4 Å². The molecule has 1 amide bonds. The van der Waals surface area contributed by atoms with Crippen molar-refractivity contribution in [1.82, 2.24) is 10.3 Å². The zero-order chi connectivity index (χ0) is 15.4. The lowest BCUT2D eigenvalue weighted by Gasteiger charge is -2.24. The Labute approximate surface area is 126 Å². The molecule has 0 fully saturated rings. The number of hydrogen-bond acceptors (Lipinski definition) is 4. The van der Waals surface area contributed by atoms with Crippen molar-refractivity contribution in [1.29, 1.82) is 0 Å². The van der Waals surface area contributed by atoms with Crippen LogP contribution in [0.2, 0.25) is 0 Å². The van der Waals surface area contributed by atoms with Gasteiger partial charge in [0.15, 0.2) is 0 Å². The van der Waals surface area contributed by atoms with Crippen molar-refractivity contribution >= 4 is 11.7 Å². The Morgan fingerprint density at radius 3 is 2.81 bits per heavy atom. The van der Waals surface area contributed by atoms with E-state index in [9.17, 15) is 4.79 Å². The number of nitrogens with zero attached hydrogens (tertiary/aromatic N) is 2. The van der Waals surface area contributed by atoms with E-state index in [1.54, 1.807) is 0 Å². The molecule has 1 heterocycles. The van der Waals surface area contributed by atoms with E-state index < -0.39 is 0 Å². The van der Waals surface area contributed by atoms with Crippen LogP contribution in [-0.2, 0) is 24.2 Å². The van der Waals surface area contributed by atoms with Gasteiger partial charge >= 0.3 is 0 Å². The predicted molar refractivity (Wildman–Crippen MR) is 85.3 cm³/mol. The van der Waals surface area contributed by atoms with Crippen molar-refractivity contribution in [2.24, 2.45) is 5.73 Å². The molecule has 1 aliphatic carbocycles. The Hall–Kier alpha value is -1.62. The highest BCUT2D eigenvalue weighted by Gasteiger charge is 2.18. The number of nitrogens with two attached hydrogens (primary N) is 1. The second-order valence-electron chi connectivity index (χ2n) is 6.07. The van der Waals surface area contributed by atoms with Gasteiger partial charge in [-0.05, 0) is 51.2 Å². The molecule has 1 aromatic rings. The molecule has 0 aliphatic heterocycles. The van der Waals surface area contributed by atoms with Crippen molar-refractivity contribution in [3.05, 3.63) is 22.9 Å². The molecule has 3 N–H and O–H groups in total. The van der Waals surface area contributed by atoms with Gasteiger partial charge in [-0.25, -0.2) is 4.98 Å². The van der Waals surface area contributed by atoms with Gasteiger partial charge in [-0.1, -0.05) is 0 Å². The largest absolute Gasteiger partial charge is 0.352 e. The Kier molecular flexibility index (Phi) is 5.17. The van der Waals surface area contributed by atoms with Crippen LogP contribution in [0.25, 0.3) is 0 Å². The first-order valence-electron chi connectivity index (χ1n) is 7.73. The first-order chi connectivity index (χ1) is 10.0. The molecule has 0 spiro atoms. The summed E-state index contributed by atoms with van der Waals surface area (Å²) in [5.41, 5.74) is 9.38. The minimum atomic E-state index is 0.00925. The van der Waals surface area contributed by atoms with Gasteiger partial charge in [0, 0.05) is 30.9 Å². The first-order valence-corrected chi connectivity index (χ1v) is 7.73. The average Bonchev–Trinajstić information content (AvgIpc) is 2.44. The van der Waals surface area contributed by atoms with Crippen molar-refractivity contribution in [3.63, 3.8) is 0 Å². The molecule has 0 atom stereocenters. The maximum atomic E-state index is 11.9. The zero-order valence-corrected chi connectivity index (χ0v) is 13.3. The summed E-state index contributed by atoms with van der Waals surface area (Å²) in [6.45, 7) is 4.67. The van der Waals surface area contributed by atoms with Gasteiger partial charge in [0.2, 0.25) is 5.91 Å². The summed E-state index contributed by atoms with van der Waals surface area (Å²) in [6, 6.07) is 2.32. The fourth-order valence-electron chi connectivity index (χ4n) is 2.81. The minimum Gasteiger partial charge on any atom is -0.352 e. The Balaban J connectivity index is 2.19. The van der Waals surface area contributed by atoms with E-state index in [-0.39, 0.29) is 11.9 Å². The van der Waals surface area contributed by atoms with E-state index >= 15 is 0 Å². The van der Waals surface area contributed by atoms with Crippen LogP contribution in [0.15, 0.2) is 6.07 Å². The summed E-state index contributed by atoms with van der Waals surface area (Å²) in [7, 11) is 1.90. The lowest BCUT2D eigenvalue weighted by Crippen LogP contribution is -2.39. The van der Waals surface area contributed by atoms with Gasteiger partial charge in [-0.3, -0.25) is 4.79 Å². The summed E-state index contributed by atoms with van der Waals surface area (Å²) < 4.78 is 0. The quantitative estimate of drug-likeness (QED) is 0.859. The number of carbonyl (C=O) groups excluding carboxylic acids is 1. The number of anilines is 1. The van der Waals surface area contributed by atoms with E-state index in [1.165, 1.54) is 24.1 Å². The molecule has 1 aromatic heterocycles. The van der Waals surface area contributed by atoms with Crippen molar-refractivity contribution in [2.75, 3.05) is 18.5 Å². The van der Waals surface area contributed by atoms with Crippen LogP contribution in [-0.4, -0.2) is 30.5 Å². The third-order valence-corrected chi connectivity index (χ3v) is 3.77. The summed E-state index contributed by atoms with van der Waals surface area (Å²) in [4.78, 5) is 18.6. The number of aryl methyl sites for hydroxylation is 2. The van der Waals surface area contributed by atoms with Crippen LogP contribution in [0.4, 0.5) is 5.82 Å². The summed E-state index contributed by atoms with van der Waals surface area (Å²) >= 11 is 0. The minimum absolute atomic E-state index is 0.00925. The summed E-state index contributed by atoms with van der Waals surface area (Å²) in [5.74, 6) is 0.854. The number of fused-ring (bicyclic) bond motifs is 1. The Morgan fingerprint density at radius 1 is 1.43 bits per heavy atom. The molecule has 21 heavy (non-hydrogen) atoms. The van der Waals surface area contributed by atoms with E-state index in [4.69, 9.17) is 10.7 Å². The molecule has 0 unspecified atom stereocenters. The second kappa shape index (κ2) is 6.89. The van der Waals surface area contributed by atoms with Crippen molar-refractivity contribution in [3.8, 4) is 0 Å². The topological polar surface area (TPSA) is 71.2 Å². The second-order valence-corrected chi connectivity index (χ2v) is 6.07. The highest BCUT2D eigenvalue weighted by Crippen LogP contribution is 2.26. The van der Waals surface area contributed by atoms with Crippen molar-refractivity contribution in [2.45, 2.75) is 52.1 Å². The van der Waals surface area contributed by atoms with Crippen LogP contribution < -0.4 is 16.0 Å². The lowest BCUT2D eigenvalue weighted by molar-refractivity contribution is -0.120. The first kappa shape index (κ1) is 15.8. The van der Waals surface area contributed by atoms with E-state index in [0.29, 0.717) is 13.1 Å². The monoisotopic (exact) mass is 290 g/mol. The predicted octanol–water partition coefficient (Wildman–Crippen LogP) is 1.38. The number of nitrogens with one attached hydrogen (secondary N) is 1. The molecule has 0 saturated carbocycles. The van der Waals surface area contributed by atoms with Crippen LogP contribution in [0.5, 0.6) is 0 Å². The molecule has 116 valence electrons. The van der Waals surface area contributed by atoms with Crippen LogP contribution in [0, 0.1) is 0 Å². The van der Waals surface area contributed by atoms with Crippen LogP contribution in [0.3, 0.4) is 0 Å². The maximum absolute atomic E-state index is 11.9. The van der Waals surface area contributed by atoms with Crippen LogP contribution in [0.1, 0.15) is 43.5 Å². The number of amides is 1. The maximum Gasteiger partial charge on any atom is 0.239 e. The molecule has 0 bridgehead atoms. The molecular formula is C16H26N4O. The number of pyridine rings is 1. The summed E-state index contributed by atoms with van der Waals surface area (Å²) in [5, 5.41) is 2.90. The molecular weight excluding hydrogens is 264 g/mol. The molecule has 1 aliphatic rings. The number of rotatable bonds is 5. The average molecular weight is 290 g/mol. The standard InChI is InChI=1S/C16H26N4O/c1-11(2)18-15(21)10-20(3)16-13(9-17)8-12-6-4-5-7-14(12)19-16/h8,11H,4-7,9-10,17H2,1-3H3,(H,18,21). The summed E-state index contributed by atoms with van der Waals surface area (Å²) in [6.07, 6.45) is 4.54. The molecule has 5 nitrogen and oxygen atoms in total. The smallest absolute Gasteiger partial charge is 0.239 e.